The van der Waals surface area contributed by atoms with E-state index in [2.05, 4.69) is 31.7 Å². The Labute approximate surface area is 147 Å². The van der Waals surface area contributed by atoms with Crippen molar-refractivity contribution in [2.24, 2.45) is 0 Å². The Morgan fingerprint density at radius 1 is 1.17 bits per heavy atom. The molecule has 0 radical (unpaired) electrons. The second-order valence-corrected chi connectivity index (χ2v) is 12.7. The van der Waals surface area contributed by atoms with E-state index in [-0.39, 0.29) is 0 Å². The number of hydrogen-bond donors (Lipinski definition) is 0. The Bertz CT molecular complexity index is 527. The van der Waals surface area contributed by atoms with Gasteiger partial charge in [0.1, 0.15) is 5.75 Å². The van der Waals surface area contributed by atoms with Crippen LogP contribution in [0.2, 0.25) is 18.6 Å². The lowest BCUT2D eigenvalue weighted by molar-refractivity contribution is 0.123. The topological polar surface area (TPSA) is 46.2 Å². The molecular weight excluding hydrogens is 340 g/mol. The van der Waals surface area contributed by atoms with E-state index in [0.29, 0.717) is 6.61 Å². The second kappa shape index (κ2) is 8.60. The van der Waals surface area contributed by atoms with Gasteiger partial charge >= 0.3 is 17.4 Å². The molecule has 1 aromatic carbocycles. The third-order valence-electron chi connectivity index (χ3n) is 4.57. The van der Waals surface area contributed by atoms with Crippen molar-refractivity contribution in [3.8, 4) is 5.75 Å². The van der Waals surface area contributed by atoms with Crippen LogP contribution in [0.25, 0.3) is 0 Å². The fraction of sp³-hybridized carbons (Fsp3) is 0.647. The molecule has 0 spiro atoms. The molecule has 1 aromatic rings. The van der Waals surface area contributed by atoms with Crippen molar-refractivity contribution in [2.75, 3.05) is 21.3 Å². The molecule has 1 aliphatic rings. The van der Waals surface area contributed by atoms with Crippen LogP contribution in [0.15, 0.2) is 18.2 Å². The fourth-order valence-corrected chi connectivity index (χ4v) is 7.20. The van der Waals surface area contributed by atoms with Crippen LogP contribution in [0.4, 0.5) is 0 Å². The van der Waals surface area contributed by atoms with E-state index in [0.717, 1.165) is 42.7 Å². The van der Waals surface area contributed by atoms with E-state index in [1.807, 2.05) is 0 Å². The smallest absolute Gasteiger partial charge is 0.500 e. The maximum Gasteiger partial charge on any atom is 0.500 e. The zero-order valence-corrected chi connectivity index (χ0v) is 17.5. The molecule has 0 aromatic heterocycles. The Morgan fingerprint density at radius 3 is 2.50 bits per heavy atom. The van der Waals surface area contributed by atoms with Crippen molar-refractivity contribution < 1.29 is 22.1 Å². The summed E-state index contributed by atoms with van der Waals surface area (Å²) < 4.78 is 28.7. The molecule has 1 atom stereocenters. The van der Waals surface area contributed by atoms with Gasteiger partial charge in [-0.3, -0.25) is 0 Å². The highest BCUT2D eigenvalue weighted by Crippen LogP contribution is 2.32. The van der Waals surface area contributed by atoms with Gasteiger partial charge in [-0.15, -0.1) is 0 Å². The molecule has 2 rings (SSSR count). The van der Waals surface area contributed by atoms with E-state index in [4.69, 9.17) is 22.1 Å². The standard InChI is InChI=1S/C17H30O5Si2/c1-6-11-23(5)21-14-16-13-15(9-10-17(16)22-23)8-7-12-24(18-2,19-3)20-4/h9-10,13H,6-8,11-12,14H2,1-5H3. The number of aryl methyl sites for hydroxylation is 1. The first kappa shape index (κ1) is 19.6. The van der Waals surface area contributed by atoms with Gasteiger partial charge < -0.3 is 22.1 Å². The molecule has 1 aliphatic heterocycles. The van der Waals surface area contributed by atoms with Crippen LogP contribution in [0.1, 0.15) is 30.9 Å². The zero-order chi connectivity index (χ0) is 17.6. The van der Waals surface area contributed by atoms with Gasteiger partial charge in [-0.25, -0.2) is 0 Å². The third kappa shape index (κ3) is 4.68. The average Bonchev–Trinajstić information content (AvgIpc) is 2.59. The number of benzene rings is 1. The van der Waals surface area contributed by atoms with E-state index < -0.39 is 17.4 Å². The summed E-state index contributed by atoms with van der Waals surface area (Å²) in [5, 5.41) is 0. The quantitative estimate of drug-likeness (QED) is 0.617. The predicted octanol–water partition coefficient (Wildman–Crippen LogP) is 3.89. The Hall–Kier alpha value is -0.706. The number of rotatable bonds is 9. The Kier molecular flexibility index (Phi) is 7.03. The predicted molar refractivity (Wildman–Crippen MR) is 98.5 cm³/mol. The van der Waals surface area contributed by atoms with Gasteiger partial charge in [-0.05, 0) is 37.1 Å². The van der Waals surface area contributed by atoms with Crippen molar-refractivity contribution >= 4 is 17.4 Å². The lowest BCUT2D eigenvalue weighted by Gasteiger charge is -2.33. The van der Waals surface area contributed by atoms with Gasteiger partial charge in [0, 0.05) is 39.0 Å². The van der Waals surface area contributed by atoms with Crippen LogP contribution < -0.4 is 4.43 Å². The van der Waals surface area contributed by atoms with Crippen molar-refractivity contribution in [3.63, 3.8) is 0 Å². The SMILES string of the molecule is CCC[Si]1(C)OCc2cc(CCC[Si](OC)(OC)OC)ccc2O1. The van der Waals surface area contributed by atoms with Crippen molar-refractivity contribution in [1.29, 1.82) is 0 Å². The molecule has 1 heterocycles. The van der Waals surface area contributed by atoms with E-state index >= 15 is 0 Å². The summed E-state index contributed by atoms with van der Waals surface area (Å²) in [6, 6.07) is 8.29. The highest BCUT2D eigenvalue weighted by molar-refractivity contribution is 6.67. The largest absolute Gasteiger partial charge is 0.520 e. The van der Waals surface area contributed by atoms with E-state index in [9.17, 15) is 0 Å². The lowest BCUT2D eigenvalue weighted by Crippen LogP contribution is -2.44. The van der Waals surface area contributed by atoms with Crippen LogP contribution in [0.3, 0.4) is 0 Å². The van der Waals surface area contributed by atoms with Gasteiger partial charge in [-0.1, -0.05) is 19.4 Å². The molecular formula is C17H30O5Si2. The summed E-state index contributed by atoms with van der Waals surface area (Å²) in [7, 11) is 0.484. The first-order valence-corrected chi connectivity index (χ1v) is 13.1. The van der Waals surface area contributed by atoms with Gasteiger partial charge in [0.15, 0.2) is 0 Å². The van der Waals surface area contributed by atoms with Gasteiger partial charge in [0.25, 0.3) is 0 Å². The summed E-state index contributed by atoms with van der Waals surface area (Å²) in [6.07, 6.45) is 3.02. The molecule has 5 nitrogen and oxygen atoms in total. The van der Waals surface area contributed by atoms with Crippen molar-refractivity contribution in [1.82, 2.24) is 0 Å². The molecule has 136 valence electrons. The first-order valence-electron chi connectivity index (χ1n) is 8.60. The molecule has 0 N–H and O–H groups in total. The fourth-order valence-electron chi connectivity index (χ4n) is 3.14. The molecule has 7 heteroatoms. The molecule has 0 amide bonds. The molecule has 0 aliphatic carbocycles. The first-order chi connectivity index (χ1) is 11.5. The lowest BCUT2D eigenvalue weighted by atomic mass is 10.1. The van der Waals surface area contributed by atoms with Crippen LogP contribution in [-0.4, -0.2) is 38.7 Å². The maximum absolute atomic E-state index is 6.19. The summed E-state index contributed by atoms with van der Waals surface area (Å²) in [4.78, 5) is 0. The average molecular weight is 371 g/mol. The van der Waals surface area contributed by atoms with E-state index in [1.165, 1.54) is 5.56 Å². The zero-order valence-electron chi connectivity index (χ0n) is 15.5. The van der Waals surface area contributed by atoms with Crippen molar-refractivity contribution in [2.45, 2.75) is 51.4 Å². The second-order valence-electron chi connectivity index (χ2n) is 6.37. The molecule has 0 fully saturated rings. The minimum Gasteiger partial charge on any atom is -0.520 e. The molecule has 0 bridgehead atoms. The monoisotopic (exact) mass is 370 g/mol. The van der Waals surface area contributed by atoms with Gasteiger partial charge in [0.05, 0.1) is 6.61 Å². The summed E-state index contributed by atoms with van der Waals surface area (Å²) >= 11 is 0. The molecule has 24 heavy (non-hydrogen) atoms. The van der Waals surface area contributed by atoms with Crippen LogP contribution in [-0.2, 0) is 30.7 Å². The summed E-state index contributed by atoms with van der Waals surface area (Å²) in [6.45, 7) is 4.99. The molecule has 0 saturated carbocycles. The van der Waals surface area contributed by atoms with Crippen LogP contribution in [0, 0.1) is 0 Å². The van der Waals surface area contributed by atoms with Crippen LogP contribution in [0.5, 0.6) is 5.75 Å². The summed E-state index contributed by atoms with van der Waals surface area (Å²) in [5.41, 5.74) is 2.44. The molecule has 0 saturated heterocycles. The molecule has 1 unspecified atom stereocenters. The highest BCUT2D eigenvalue weighted by Gasteiger charge is 2.38. The normalized spacial score (nSPS) is 20.5. The third-order valence-corrected chi connectivity index (χ3v) is 10.2. The highest BCUT2D eigenvalue weighted by atomic mass is 28.4. The summed E-state index contributed by atoms with van der Waals surface area (Å²) in [5.74, 6) is 1.00. The Balaban J connectivity index is 1.95. The number of hydrogen-bond acceptors (Lipinski definition) is 5. The minimum absolute atomic E-state index is 0.665. The Morgan fingerprint density at radius 2 is 1.88 bits per heavy atom. The van der Waals surface area contributed by atoms with E-state index in [1.54, 1.807) is 21.3 Å². The number of fused-ring (bicyclic) bond motifs is 1. The maximum atomic E-state index is 6.19. The van der Waals surface area contributed by atoms with Crippen molar-refractivity contribution in [3.05, 3.63) is 29.3 Å². The van der Waals surface area contributed by atoms with Gasteiger partial charge in [-0.2, -0.15) is 0 Å². The minimum atomic E-state index is -2.47. The van der Waals surface area contributed by atoms with Crippen LogP contribution >= 0.6 is 0 Å². The van der Waals surface area contributed by atoms with Gasteiger partial charge in [0.2, 0.25) is 0 Å².